The summed E-state index contributed by atoms with van der Waals surface area (Å²) in [5, 5.41) is 3.34. The summed E-state index contributed by atoms with van der Waals surface area (Å²) in [6.45, 7) is 3.53. The van der Waals surface area contributed by atoms with Crippen molar-refractivity contribution in [3.05, 3.63) is 83.7 Å². The van der Waals surface area contributed by atoms with Crippen LogP contribution in [-0.2, 0) is 22.5 Å². The molecule has 6 heteroatoms. The van der Waals surface area contributed by atoms with E-state index in [1.54, 1.807) is 6.20 Å². The summed E-state index contributed by atoms with van der Waals surface area (Å²) >= 11 is 0. The Bertz CT molecular complexity index is 1110. The zero-order chi connectivity index (χ0) is 23.2. The quantitative estimate of drug-likeness (QED) is 0.634. The van der Waals surface area contributed by atoms with Crippen molar-refractivity contribution >= 4 is 5.91 Å². The molecular formula is C28H31N3O3. The largest absolute Gasteiger partial charge is 0.491 e. The van der Waals surface area contributed by atoms with Crippen molar-refractivity contribution in [1.29, 1.82) is 0 Å². The van der Waals surface area contributed by atoms with Crippen LogP contribution in [0.1, 0.15) is 29.5 Å². The summed E-state index contributed by atoms with van der Waals surface area (Å²) in [7, 11) is 0. The van der Waals surface area contributed by atoms with Gasteiger partial charge < -0.3 is 19.7 Å². The van der Waals surface area contributed by atoms with Crippen LogP contribution in [0.4, 0.5) is 0 Å². The number of aromatic nitrogens is 1. The first-order chi connectivity index (χ1) is 16.8. The molecule has 0 spiro atoms. The van der Waals surface area contributed by atoms with Crippen LogP contribution in [-0.4, -0.2) is 54.7 Å². The second-order valence-corrected chi connectivity index (χ2v) is 8.93. The zero-order valence-corrected chi connectivity index (χ0v) is 19.4. The summed E-state index contributed by atoms with van der Waals surface area (Å²) in [4.78, 5) is 19.3. The van der Waals surface area contributed by atoms with E-state index < -0.39 is 0 Å². The minimum atomic E-state index is -0.0804. The SMILES string of the molecule is O=C([C@@H]1CCCN1)N1CCOCCOc2ccc(-c3cccnc3)cc2Cc2cccc(c2)C1. The molecule has 6 nitrogen and oxygen atoms in total. The molecule has 1 fully saturated rings. The first-order valence-corrected chi connectivity index (χ1v) is 12.1. The van der Waals surface area contributed by atoms with Crippen molar-refractivity contribution in [3.63, 3.8) is 0 Å². The van der Waals surface area contributed by atoms with E-state index in [9.17, 15) is 4.79 Å². The second-order valence-electron chi connectivity index (χ2n) is 8.93. The number of benzene rings is 2. The van der Waals surface area contributed by atoms with Gasteiger partial charge in [-0.3, -0.25) is 9.78 Å². The Morgan fingerprint density at radius 2 is 1.94 bits per heavy atom. The molecule has 1 atom stereocenters. The third-order valence-electron chi connectivity index (χ3n) is 6.48. The van der Waals surface area contributed by atoms with Gasteiger partial charge >= 0.3 is 0 Å². The Labute approximate surface area is 200 Å². The molecule has 1 saturated heterocycles. The van der Waals surface area contributed by atoms with Crippen LogP contribution in [0.3, 0.4) is 0 Å². The molecule has 0 radical (unpaired) electrons. The standard InChI is InChI=1S/C28H31N3O3/c32-28(26-7-3-11-30-26)31-12-13-33-14-15-34-27-9-8-23(24-6-2-10-29-19-24)18-25(27)17-21-4-1-5-22(16-21)20-31/h1-2,4-6,8-10,16,18-19,26,30H,3,7,11-15,17,20H2/t26-/m0/s1. The van der Waals surface area contributed by atoms with Gasteiger partial charge in [-0.25, -0.2) is 0 Å². The van der Waals surface area contributed by atoms with Gasteiger partial charge in [-0.15, -0.1) is 0 Å². The predicted octanol–water partition coefficient (Wildman–Crippen LogP) is 3.83. The molecular weight excluding hydrogens is 426 g/mol. The highest BCUT2D eigenvalue weighted by Gasteiger charge is 2.27. The minimum absolute atomic E-state index is 0.0804. The van der Waals surface area contributed by atoms with Crippen molar-refractivity contribution in [1.82, 2.24) is 15.2 Å². The Balaban J connectivity index is 1.43. The fourth-order valence-electron chi connectivity index (χ4n) is 4.72. The molecule has 2 aliphatic heterocycles. The predicted molar refractivity (Wildman–Crippen MR) is 132 cm³/mol. The first kappa shape index (κ1) is 22.6. The van der Waals surface area contributed by atoms with Crippen molar-refractivity contribution < 1.29 is 14.3 Å². The van der Waals surface area contributed by atoms with E-state index in [-0.39, 0.29) is 11.9 Å². The zero-order valence-electron chi connectivity index (χ0n) is 19.4. The fourth-order valence-corrected chi connectivity index (χ4v) is 4.72. The number of pyridine rings is 1. The number of hydrogen-bond acceptors (Lipinski definition) is 5. The lowest BCUT2D eigenvalue weighted by molar-refractivity contribution is -0.134. The van der Waals surface area contributed by atoms with E-state index in [1.807, 2.05) is 23.2 Å². The van der Waals surface area contributed by atoms with Gasteiger partial charge in [0.25, 0.3) is 0 Å². The van der Waals surface area contributed by atoms with E-state index in [0.717, 1.165) is 53.8 Å². The van der Waals surface area contributed by atoms with Crippen molar-refractivity contribution in [2.24, 2.45) is 0 Å². The van der Waals surface area contributed by atoms with Crippen LogP contribution in [0, 0.1) is 0 Å². The molecule has 5 rings (SSSR count). The van der Waals surface area contributed by atoms with Crippen LogP contribution in [0.5, 0.6) is 5.75 Å². The average molecular weight is 458 g/mol. The number of hydrogen-bond donors (Lipinski definition) is 1. The molecule has 3 aromatic rings. The van der Waals surface area contributed by atoms with Gasteiger partial charge in [0.15, 0.2) is 0 Å². The van der Waals surface area contributed by atoms with E-state index >= 15 is 0 Å². The monoisotopic (exact) mass is 457 g/mol. The topological polar surface area (TPSA) is 63.7 Å². The number of ether oxygens (including phenoxy) is 2. The van der Waals surface area contributed by atoms with Crippen LogP contribution in [0.15, 0.2) is 67.0 Å². The summed E-state index contributed by atoms with van der Waals surface area (Å²) < 4.78 is 12.0. The lowest BCUT2D eigenvalue weighted by Gasteiger charge is -2.26. The summed E-state index contributed by atoms with van der Waals surface area (Å²) in [5.74, 6) is 1.05. The maximum Gasteiger partial charge on any atom is 0.240 e. The van der Waals surface area contributed by atoms with E-state index in [2.05, 4.69) is 52.8 Å². The Morgan fingerprint density at radius 3 is 2.79 bits per heavy atom. The van der Waals surface area contributed by atoms with Gasteiger partial charge in [0.1, 0.15) is 12.4 Å². The maximum atomic E-state index is 13.1. The smallest absolute Gasteiger partial charge is 0.240 e. The Morgan fingerprint density at radius 1 is 1.00 bits per heavy atom. The Kier molecular flexibility index (Phi) is 7.17. The van der Waals surface area contributed by atoms with Gasteiger partial charge in [-0.2, -0.15) is 0 Å². The van der Waals surface area contributed by atoms with Gasteiger partial charge in [-0.1, -0.05) is 36.4 Å². The number of amides is 1. The minimum Gasteiger partial charge on any atom is -0.491 e. The third kappa shape index (κ3) is 5.46. The number of rotatable bonds is 2. The van der Waals surface area contributed by atoms with E-state index in [1.165, 1.54) is 5.56 Å². The lowest BCUT2D eigenvalue weighted by atomic mass is 9.98. The molecule has 0 aliphatic carbocycles. The second kappa shape index (κ2) is 10.8. The molecule has 1 amide bonds. The molecule has 0 unspecified atom stereocenters. The highest BCUT2D eigenvalue weighted by Crippen LogP contribution is 2.29. The molecule has 2 aromatic carbocycles. The van der Waals surface area contributed by atoms with E-state index in [0.29, 0.717) is 32.9 Å². The molecule has 1 aromatic heterocycles. The highest BCUT2D eigenvalue weighted by atomic mass is 16.5. The maximum absolute atomic E-state index is 13.1. The fraction of sp³-hybridized carbons (Fsp3) is 0.357. The summed E-state index contributed by atoms with van der Waals surface area (Å²) in [6.07, 6.45) is 6.36. The lowest BCUT2D eigenvalue weighted by Crippen LogP contribution is -2.44. The number of carbonyl (C=O) groups excluding carboxylic acids is 1. The van der Waals surface area contributed by atoms with Gasteiger partial charge in [0.2, 0.25) is 5.91 Å². The number of fused-ring (bicyclic) bond motifs is 3. The van der Waals surface area contributed by atoms with Crippen molar-refractivity contribution in [3.8, 4) is 16.9 Å². The third-order valence-corrected chi connectivity index (χ3v) is 6.48. The van der Waals surface area contributed by atoms with Crippen LogP contribution >= 0.6 is 0 Å². The van der Waals surface area contributed by atoms with Gasteiger partial charge in [0, 0.05) is 37.5 Å². The van der Waals surface area contributed by atoms with Crippen molar-refractivity contribution in [2.45, 2.75) is 31.8 Å². The highest BCUT2D eigenvalue weighted by molar-refractivity contribution is 5.82. The normalized spacial score (nSPS) is 19.1. The molecule has 3 heterocycles. The molecule has 34 heavy (non-hydrogen) atoms. The number of carbonyl (C=O) groups is 1. The number of nitrogens with one attached hydrogen (secondary N) is 1. The van der Waals surface area contributed by atoms with Crippen molar-refractivity contribution in [2.75, 3.05) is 32.9 Å². The first-order valence-electron chi connectivity index (χ1n) is 12.1. The average Bonchev–Trinajstić information content (AvgIpc) is 3.41. The molecule has 1 N–H and O–H groups in total. The van der Waals surface area contributed by atoms with Gasteiger partial charge in [-0.05, 0) is 59.8 Å². The summed E-state index contributed by atoms with van der Waals surface area (Å²) in [5.41, 5.74) is 5.65. The van der Waals surface area contributed by atoms with Crippen LogP contribution in [0.2, 0.25) is 0 Å². The van der Waals surface area contributed by atoms with Crippen LogP contribution < -0.4 is 10.1 Å². The number of nitrogens with zero attached hydrogens (tertiary/aromatic N) is 2. The van der Waals surface area contributed by atoms with Crippen LogP contribution in [0.25, 0.3) is 11.1 Å². The summed E-state index contributed by atoms with van der Waals surface area (Å²) in [6, 6.07) is 18.8. The Hall–Kier alpha value is -3.22. The molecule has 176 valence electrons. The van der Waals surface area contributed by atoms with Gasteiger partial charge in [0.05, 0.1) is 19.3 Å². The molecule has 0 saturated carbocycles. The molecule has 2 bridgehead atoms. The van der Waals surface area contributed by atoms with E-state index in [4.69, 9.17) is 9.47 Å². The molecule has 2 aliphatic rings.